The number of hydrazine groups is 1. The van der Waals surface area contributed by atoms with Gasteiger partial charge in [0.25, 0.3) is 17.7 Å². The second-order valence-electron chi connectivity index (χ2n) is 24.1. The smallest absolute Gasteiger partial charge is 0.279 e. The molecule has 1 aliphatic carbocycles. The van der Waals surface area contributed by atoms with Crippen LogP contribution in [-0.2, 0) is 44.8 Å². The molecule has 3 aliphatic heterocycles. The van der Waals surface area contributed by atoms with Gasteiger partial charge in [0.1, 0.15) is 48.3 Å². The van der Waals surface area contributed by atoms with E-state index in [2.05, 4.69) is 42.8 Å². The zero-order chi connectivity index (χ0) is 62.5. The maximum Gasteiger partial charge on any atom is 0.279 e. The van der Waals surface area contributed by atoms with Crippen molar-refractivity contribution in [1.29, 1.82) is 0 Å². The van der Waals surface area contributed by atoms with Crippen molar-refractivity contribution in [3.63, 3.8) is 0 Å². The molecule has 2 aromatic heterocycles. The Labute approximate surface area is 512 Å². The Morgan fingerprint density at radius 2 is 1.01 bits per heavy atom. The summed E-state index contributed by atoms with van der Waals surface area (Å²) in [5.74, 6) is -7.04. The van der Waals surface area contributed by atoms with Crippen molar-refractivity contribution in [3.8, 4) is 0 Å². The Morgan fingerprint density at radius 3 is 1.55 bits per heavy atom. The molecule has 468 valence electrons. The first-order chi connectivity index (χ1) is 41.0. The first-order valence-electron chi connectivity index (χ1n) is 30.4. The highest BCUT2D eigenvalue weighted by atomic mass is 32.1. The van der Waals surface area contributed by atoms with Crippen LogP contribution < -0.4 is 54.2 Å². The van der Waals surface area contributed by atoms with Crippen molar-refractivity contribution in [2.24, 2.45) is 29.2 Å². The topological polar surface area (TPSA) is 325 Å². The molecule has 24 heteroatoms. The minimum Gasteiger partial charge on any atom is -0.343 e. The van der Waals surface area contributed by atoms with Crippen LogP contribution in [0.5, 0.6) is 0 Å². The Morgan fingerprint density at radius 1 is 0.535 bits per heavy atom. The number of aryl methyl sites for hydroxylation is 2. The summed E-state index contributed by atoms with van der Waals surface area (Å²) in [6.07, 6.45) is 4.92. The summed E-state index contributed by atoms with van der Waals surface area (Å²) >= 11 is 2.60. The van der Waals surface area contributed by atoms with Gasteiger partial charge in [-0.25, -0.2) is 0 Å². The number of carbonyl (C=O) groups is 10. The molecule has 86 heavy (non-hydrogen) atoms. The molecule has 0 spiro atoms. The quantitative estimate of drug-likeness (QED) is 0.124. The van der Waals surface area contributed by atoms with E-state index < -0.39 is 113 Å². The number of benzene rings is 1. The minimum absolute atomic E-state index is 0.0222. The van der Waals surface area contributed by atoms with Crippen molar-refractivity contribution in [1.82, 2.24) is 52.6 Å². The SMILES string of the molecule is Cc1sc2cc1C1=C(CCC1)c1cc(sc1C)C(=O)N1CCC[C@H]1C(=O)N[C@@H](C(C)C)C(=O)N[C@@H](CCCN)C(=O)N[C@@H](CC(C)C)C(=O)NC(Cc1ccccc1)C(=O)N1CCC[C@H]1C(=O)N[C@@H](C(C)C)C(=O)N[C@@H](CCCN)C(=O)NNC2=O. The monoisotopic (exact) mass is 1220 g/mol. The first kappa shape index (κ1) is 66.5. The average molecular weight is 1230 g/mol. The molecule has 2 saturated heterocycles. The highest BCUT2D eigenvalue weighted by Gasteiger charge is 2.42. The molecule has 8 atom stereocenters. The number of thiophene rings is 2. The summed E-state index contributed by atoms with van der Waals surface area (Å²) in [5, 5.41) is 17.1. The van der Waals surface area contributed by atoms with E-state index in [1.165, 1.54) is 27.6 Å². The molecule has 0 saturated carbocycles. The van der Waals surface area contributed by atoms with E-state index in [4.69, 9.17) is 11.5 Å². The van der Waals surface area contributed by atoms with Gasteiger partial charge in [-0.2, -0.15) is 0 Å². The number of rotatable bonds is 12. The predicted octanol–water partition coefficient (Wildman–Crippen LogP) is 3.88. The van der Waals surface area contributed by atoms with E-state index in [1.54, 1.807) is 62.9 Å². The molecule has 4 aliphatic rings. The van der Waals surface area contributed by atoms with Crippen LogP contribution >= 0.6 is 22.7 Å². The summed E-state index contributed by atoms with van der Waals surface area (Å²) in [4.78, 5) is 149. The third-order valence-corrected chi connectivity index (χ3v) is 18.6. The van der Waals surface area contributed by atoms with Gasteiger partial charge in [-0.15, -0.1) is 22.7 Å². The molecule has 10 amide bonds. The lowest BCUT2D eigenvalue weighted by Crippen LogP contribution is -2.61. The molecule has 1 unspecified atom stereocenters. The maximum absolute atomic E-state index is 14.9. The largest absolute Gasteiger partial charge is 0.343 e. The van der Waals surface area contributed by atoms with Gasteiger partial charge in [0.15, 0.2) is 0 Å². The minimum atomic E-state index is -1.22. The third-order valence-electron chi connectivity index (χ3n) is 16.5. The van der Waals surface area contributed by atoms with E-state index in [-0.39, 0.29) is 63.6 Å². The summed E-state index contributed by atoms with van der Waals surface area (Å²) in [6, 6.07) is 3.69. The number of hydrogen-bond donors (Lipinski definition) is 10. The van der Waals surface area contributed by atoms with Crippen LogP contribution in [0.1, 0.15) is 164 Å². The zero-order valence-electron chi connectivity index (χ0n) is 50.9. The molecular formula is C62H88N12O10S2. The predicted molar refractivity (Wildman–Crippen MR) is 331 cm³/mol. The van der Waals surface area contributed by atoms with Gasteiger partial charge in [0.2, 0.25) is 41.4 Å². The average Bonchev–Trinajstić information content (AvgIpc) is 4.10. The second kappa shape index (κ2) is 30.6. The lowest BCUT2D eigenvalue weighted by Gasteiger charge is -2.32. The van der Waals surface area contributed by atoms with Crippen LogP contribution in [0.15, 0.2) is 42.5 Å². The van der Waals surface area contributed by atoms with E-state index in [0.717, 1.165) is 51.3 Å². The van der Waals surface area contributed by atoms with Gasteiger partial charge in [-0.1, -0.05) is 71.9 Å². The molecular weight excluding hydrogens is 1140 g/mol. The molecule has 22 nitrogen and oxygen atoms in total. The molecule has 1 aromatic carbocycles. The zero-order valence-corrected chi connectivity index (χ0v) is 52.5. The van der Waals surface area contributed by atoms with E-state index in [0.29, 0.717) is 54.0 Å². The number of fused-ring (bicyclic) bond motifs is 8. The van der Waals surface area contributed by atoms with Gasteiger partial charge in [-0.3, -0.25) is 58.8 Å². The van der Waals surface area contributed by atoms with Crippen molar-refractivity contribution in [2.75, 3.05) is 26.2 Å². The second-order valence-corrected chi connectivity index (χ2v) is 26.7. The molecule has 12 N–H and O–H groups in total. The van der Waals surface area contributed by atoms with Crippen molar-refractivity contribution in [3.05, 3.63) is 78.7 Å². The maximum atomic E-state index is 14.9. The Bertz CT molecular complexity index is 3010. The molecule has 5 heterocycles. The van der Waals surface area contributed by atoms with E-state index in [1.807, 2.05) is 39.8 Å². The van der Waals surface area contributed by atoms with Crippen LogP contribution in [0, 0.1) is 31.6 Å². The first-order valence-corrected chi connectivity index (χ1v) is 32.1. The number of nitrogens with two attached hydrogens (primary N) is 2. The Balaban J connectivity index is 1.23. The van der Waals surface area contributed by atoms with Crippen LogP contribution in [0.2, 0.25) is 0 Å². The number of allylic oxidation sites excluding steroid dienone is 2. The van der Waals surface area contributed by atoms with Gasteiger partial charge in [0, 0.05) is 29.3 Å². The highest BCUT2D eigenvalue weighted by molar-refractivity contribution is 7.14. The number of nitrogens with one attached hydrogen (secondary N) is 8. The number of amides is 10. The normalized spacial score (nSPS) is 24.8. The summed E-state index contributed by atoms with van der Waals surface area (Å²) in [7, 11) is 0. The molecule has 4 bridgehead atoms. The Kier molecular flexibility index (Phi) is 23.6. The number of carbonyl (C=O) groups excluding carboxylic acids is 10. The van der Waals surface area contributed by atoms with Crippen LogP contribution in [0.3, 0.4) is 0 Å². The van der Waals surface area contributed by atoms with Gasteiger partial charge in [-0.05, 0) is 162 Å². The lowest BCUT2D eigenvalue weighted by atomic mass is 9.97. The highest BCUT2D eigenvalue weighted by Crippen LogP contribution is 2.45. The van der Waals surface area contributed by atoms with Gasteiger partial charge in [0.05, 0.1) is 9.75 Å². The summed E-state index contributed by atoms with van der Waals surface area (Å²) in [5.41, 5.74) is 21.4. The fourth-order valence-corrected chi connectivity index (χ4v) is 13.8. The van der Waals surface area contributed by atoms with Gasteiger partial charge >= 0.3 is 0 Å². The van der Waals surface area contributed by atoms with Crippen LogP contribution in [0.4, 0.5) is 0 Å². The van der Waals surface area contributed by atoms with E-state index >= 15 is 0 Å². The van der Waals surface area contributed by atoms with Crippen molar-refractivity contribution < 1.29 is 47.9 Å². The molecule has 0 radical (unpaired) electrons. The van der Waals surface area contributed by atoms with E-state index in [9.17, 15) is 47.9 Å². The standard InChI is InChI=1S/C62H88N12O10S2/c1-33(2)29-45-54(76)68-46(30-38-17-10-9-11-18-38)61(83)73-27-15-23-47(73)56(78)69-52(35(5)6)60(82)66-44(22-14-26-64)55(77)71-72-58(80)49-31-41(36(7)85-49)39-19-12-20-40(39)42-32-50(86-37(42)8)62(84)74-28-16-24-48(74)57(79)70-51(34(3)4)59(81)65-43(21-13-25-63)53(75)67-45/h9-11,17-18,31-35,43-48,51-52H,12-16,19-30,63-64H2,1-8H3,(H,65,81)(H,66,82)(H,67,75)(H,68,76)(H,69,78)(H,70,79)(H,71,77)(H,72,80)/t43-,44-,45-,46?,47-,48-,51-,52-/m0/s1. The summed E-state index contributed by atoms with van der Waals surface area (Å²) < 4.78 is 0. The van der Waals surface area contributed by atoms with Crippen LogP contribution in [0.25, 0.3) is 11.1 Å². The number of nitrogens with zero attached hydrogens (tertiary/aromatic N) is 2. The Hall–Kier alpha value is -7.02. The third kappa shape index (κ3) is 16.5. The number of hydrogen-bond acceptors (Lipinski definition) is 14. The molecule has 3 aromatic rings. The molecule has 2 fully saturated rings. The fraction of sp³-hybridized carbons (Fsp3) is 0.581. The summed E-state index contributed by atoms with van der Waals surface area (Å²) in [6.45, 7) is 15.5. The van der Waals surface area contributed by atoms with Crippen LogP contribution in [-0.4, -0.2) is 143 Å². The van der Waals surface area contributed by atoms with Crippen molar-refractivity contribution >= 4 is 92.9 Å². The van der Waals surface area contributed by atoms with Crippen molar-refractivity contribution in [2.45, 2.75) is 187 Å². The van der Waals surface area contributed by atoms with Gasteiger partial charge < -0.3 is 53.2 Å². The lowest BCUT2D eigenvalue weighted by molar-refractivity contribution is -0.143. The molecule has 7 rings (SSSR count). The fourth-order valence-electron chi connectivity index (χ4n) is 11.9.